The lowest BCUT2D eigenvalue weighted by Crippen LogP contribution is -2.21. The topological polar surface area (TPSA) is 46.1 Å². The fourth-order valence-electron chi connectivity index (χ4n) is 1.69. The Balaban J connectivity index is 2.44. The van der Waals surface area contributed by atoms with E-state index in [1.165, 1.54) is 23.1 Å². The molecule has 20 heavy (non-hydrogen) atoms. The van der Waals surface area contributed by atoms with Gasteiger partial charge in [0.25, 0.3) is 5.91 Å². The highest BCUT2D eigenvalue weighted by Gasteiger charge is 2.13. The number of hydrogen-bond donors (Lipinski definition) is 0. The molecule has 1 heterocycles. The molecule has 0 aliphatic rings. The molecule has 0 aliphatic heterocycles. The van der Waals surface area contributed by atoms with Crippen molar-refractivity contribution in [3.8, 4) is 11.3 Å². The van der Waals surface area contributed by atoms with Gasteiger partial charge in [0.15, 0.2) is 0 Å². The van der Waals surface area contributed by atoms with Gasteiger partial charge in [-0.05, 0) is 30.3 Å². The van der Waals surface area contributed by atoms with Gasteiger partial charge in [0, 0.05) is 25.2 Å². The summed E-state index contributed by atoms with van der Waals surface area (Å²) in [7, 11) is 3.28. The molecular formula is C14H13ClFN3O. The molecule has 1 amide bonds. The number of benzene rings is 1. The highest BCUT2D eigenvalue weighted by Crippen LogP contribution is 2.22. The first-order valence-electron chi connectivity index (χ1n) is 5.93. The molecule has 2 rings (SSSR count). The maximum absolute atomic E-state index is 13.9. The van der Waals surface area contributed by atoms with Gasteiger partial charge < -0.3 is 4.90 Å². The largest absolute Gasteiger partial charge is 0.345 e. The van der Waals surface area contributed by atoms with Crippen LogP contribution in [0.15, 0.2) is 30.3 Å². The van der Waals surface area contributed by atoms with Crippen LogP contribution in [0.3, 0.4) is 0 Å². The first kappa shape index (κ1) is 14.4. The molecule has 0 saturated heterocycles. The number of amides is 1. The van der Waals surface area contributed by atoms with Crippen LogP contribution >= 0.6 is 11.6 Å². The molecule has 104 valence electrons. The predicted octanol–water partition coefficient (Wildman–Crippen LogP) is 2.72. The monoisotopic (exact) mass is 293 g/mol. The molecule has 4 nitrogen and oxygen atoms in total. The van der Waals surface area contributed by atoms with E-state index >= 15 is 0 Å². The minimum absolute atomic E-state index is 0.198. The van der Waals surface area contributed by atoms with Crippen molar-refractivity contribution in [2.75, 3.05) is 14.1 Å². The third-order valence-corrected chi connectivity index (χ3v) is 3.03. The second-order valence-corrected chi connectivity index (χ2v) is 4.71. The molecule has 1 aromatic carbocycles. The highest BCUT2D eigenvalue weighted by atomic mass is 35.5. The van der Waals surface area contributed by atoms with Crippen molar-refractivity contribution < 1.29 is 9.18 Å². The summed E-state index contributed by atoms with van der Waals surface area (Å²) in [4.78, 5) is 13.3. The van der Waals surface area contributed by atoms with Gasteiger partial charge in [-0.1, -0.05) is 0 Å². The van der Waals surface area contributed by atoms with Crippen molar-refractivity contribution in [1.82, 2.24) is 15.1 Å². The molecule has 0 bridgehead atoms. The molecular weight excluding hydrogens is 281 g/mol. The fraction of sp³-hybridized carbons (Fsp3) is 0.214. The van der Waals surface area contributed by atoms with Crippen molar-refractivity contribution in [1.29, 1.82) is 0 Å². The summed E-state index contributed by atoms with van der Waals surface area (Å²) in [5.74, 6) is -0.403. The second kappa shape index (κ2) is 5.96. The molecule has 0 saturated carbocycles. The standard InChI is InChI=1S/C14H13ClFN3O/c1-19(2)14(20)9-3-5-12(16)11(7-9)13-6-4-10(8-15)17-18-13/h3-7H,8H2,1-2H3. The highest BCUT2D eigenvalue weighted by molar-refractivity contribution is 6.16. The SMILES string of the molecule is CN(C)C(=O)c1ccc(F)c(-c2ccc(CCl)nn2)c1. The van der Waals surface area contributed by atoms with Gasteiger partial charge in [-0.3, -0.25) is 4.79 Å². The molecule has 2 aromatic rings. The van der Waals surface area contributed by atoms with Gasteiger partial charge in [-0.25, -0.2) is 4.39 Å². The van der Waals surface area contributed by atoms with E-state index in [4.69, 9.17) is 11.6 Å². The zero-order chi connectivity index (χ0) is 14.7. The molecule has 0 spiro atoms. The van der Waals surface area contributed by atoms with E-state index in [1.807, 2.05) is 0 Å². The fourth-order valence-corrected chi connectivity index (χ4v) is 1.83. The van der Waals surface area contributed by atoms with E-state index in [9.17, 15) is 9.18 Å². The summed E-state index contributed by atoms with van der Waals surface area (Å²) < 4.78 is 13.9. The molecule has 0 radical (unpaired) electrons. The first-order valence-corrected chi connectivity index (χ1v) is 6.46. The molecule has 6 heteroatoms. The van der Waals surface area contributed by atoms with E-state index in [-0.39, 0.29) is 17.4 Å². The van der Waals surface area contributed by atoms with E-state index in [0.29, 0.717) is 17.0 Å². The van der Waals surface area contributed by atoms with E-state index in [1.54, 1.807) is 26.2 Å². The van der Waals surface area contributed by atoms with Crippen molar-refractivity contribution in [3.05, 3.63) is 47.4 Å². The maximum Gasteiger partial charge on any atom is 0.253 e. The quantitative estimate of drug-likeness (QED) is 0.818. The van der Waals surface area contributed by atoms with Crippen LogP contribution in [0.1, 0.15) is 16.1 Å². The Hall–Kier alpha value is -2.01. The third kappa shape index (κ3) is 2.93. The maximum atomic E-state index is 13.9. The smallest absolute Gasteiger partial charge is 0.253 e. The van der Waals surface area contributed by atoms with Crippen LogP contribution in [-0.2, 0) is 5.88 Å². The van der Waals surface area contributed by atoms with Gasteiger partial charge >= 0.3 is 0 Å². The molecule has 0 aliphatic carbocycles. The number of rotatable bonds is 3. The second-order valence-electron chi connectivity index (χ2n) is 4.44. The van der Waals surface area contributed by atoms with Crippen molar-refractivity contribution in [3.63, 3.8) is 0 Å². The van der Waals surface area contributed by atoms with Gasteiger partial charge in [-0.2, -0.15) is 10.2 Å². The van der Waals surface area contributed by atoms with Crippen molar-refractivity contribution >= 4 is 17.5 Å². The Bertz CT molecular complexity index is 629. The summed E-state index contributed by atoms with van der Waals surface area (Å²) in [5, 5.41) is 7.81. The summed E-state index contributed by atoms with van der Waals surface area (Å²) in [6.07, 6.45) is 0. The molecule has 1 aromatic heterocycles. The van der Waals surface area contributed by atoms with Gasteiger partial charge in [-0.15, -0.1) is 11.6 Å². The Morgan fingerprint density at radius 1 is 1.25 bits per heavy atom. The lowest BCUT2D eigenvalue weighted by Gasteiger charge is -2.11. The summed E-state index contributed by atoms with van der Waals surface area (Å²) in [6, 6.07) is 7.48. The Morgan fingerprint density at radius 3 is 2.55 bits per heavy atom. The number of nitrogens with zero attached hydrogens (tertiary/aromatic N) is 3. The summed E-state index contributed by atoms with van der Waals surface area (Å²) in [6.45, 7) is 0. The average Bonchev–Trinajstić information content (AvgIpc) is 2.47. The zero-order valence-corrected chi connectivity index (χ0v) is 11.9. The van der Waals surface area contributed by atoms with Crippen LogP contribution in [0, 0.1) is 5.82 Å². The molecule has 0 fully saturated rings. The zero-order valence-electron chi connectivity index (χ0n) is 11.1. The van der Waals surface area contributed by atoms with Gasteiger partial charge in [0.05, 0.1) is 17.3 Å². The van der Waals surface area contributed by atoms with E-state index < -0.39 is 5.82 Å². The minimum Gasteiger partial charge on any atom is -0.345 e. The molecule has 0 atom stereocenters. The van der Waals surface area contributed by atoms with Crippen LogP contribution in [0.25, 0.3) is 11.3 Å². The number of carbonyl (C=O) groups is 1. The number of alkyl halides is 1. The van der Waals surface area contributed by atoms with Crippen LogP contribution < -0.4 is 0 Å². The first-order chi connectivity index (χ1) is 9.52. The predicted molar refractivity (Wildman–Crippen MR) is 75.0 cm³/mol. The number of aromatic nitrogens is 2. The van der Waals surface area contributed by atoms with Crippen molar-refractivity contribution in [2.24, 2.45) is 0 Å². The van der Waals surface area contributed by atoms with Crippen LogP contribution in [-0.4, -0.2) is 35.1 Å². The molecule has 0 unspecified atom stereocenters. The third-order valence-electron chi connectivity index (χ3n) is 2.75. The Kier molecular flexibility index (Phi) is 4.29. The van der Waals surface area contributed by atoms with Gasteiger partial charge in [0.2, 0.25) is 0 Å². The number of halogens is 2. The van der Waals surface area contributed by atoms with Crippen molar-refractivity contribution in [2.45, 2.75) is 5.88 Å². The normalized spacial score (nSPS) is 10.4. The van der Waals surface area contributed by atoms with E-state index in [0.717, 1.165) is 0 Å². The van der Waals surface area contributed by atoms with Crippen LogP contribution in [0.4, 0.5) is 4.39 Å². The minimum atomic E-state index is -0.451. The molecule has 0 N–H and O–H groups in total. The lowest BCUT2D eigenvalue weighted by atomic mass is 10.1. The summed E-state index contributed by atoms with van der Waals surface area (Å²) in [5.41, 5.74) is 1.61. The van der Waals surface area contributed by atoms with Crippen LogP contribution in [0.2, 0.25) is 0 Å². The van der Waals surface area contributed by atoms with Crippen LogP contribution in [0.5, 0.6) is 0 Å². The lowest BCUT2D eigenvalue weighted by molar-refractivity contribution is 0.0827. The number of hydrogen-bond acceptors (Lipinski definition) is 3. The Morgan fingerprint density at radius 2 is 2.00 bits per heavy atom. The average molecular weight is 294 g/mol. The Labute approximate surface area is 121 Å². The van der Waals surface area contributed by atoms with Gasteiger partial charge in [0.1, 0.15) is 5.82 Å². The number of carbonyl (C=O) groups excluding carboxylic acids is 1. The van der Waals surface area contributed by atoms with E-state index in [2.05, 4.69) is 10.2 Å². The summed E-state index contributed by atoms with van der Waals surface area (Å²) >= 11 is 5.63.